The fourth-order valence-electron chi connectivity index (χ4n) is 1.75. The molecule has 0 radical (unpaired) electrons. The third-order valence-corrected chi connectivity index (χ3v) is 2.67. The molecule has 0 aliphatic carbocycles. The van der Waals surface area contributed by atoms with Gasteiger partial charge in [-0.3, -0.25) is 4.79 Å². The standard InChI is InChI=1S/C15H23NO4/c1-4-19-13-7-6-12(10-14(13)18-3)11-16-9-8-15(17)20-5-2/h6-7,10,16H,4-5,8-9,11H2,1-3H3. The van der Waals surface area contributed by atoms with Crippen LogP contribution in [0.5, 0.6) is 11.5 Å². The van der Waals surface area contributed by atoms with Gasteiger partial charge in [0.1, 0.15) is 0 Å². The van der Waals surface area contributed by atoms with Gasteiger partial charge in [-0.15, -0.1) is 0 Å². The summed E-state index contributed by atoms with van der Waals surface area (Å²) in [7, 11) is 1.62. The van der Waals surface area contributed by atoms with Gasteiger partial charge in [-0.2, -0.15) is 0 Å². The molecule has 0 spiro atoms. The Balaban J connectivity index is 2.42. The molecule has 0 amide bonds. The second-order valence-electron chi connectivity index (χ2n) is 4.15. The highest BCUT2D eigenvalue weighted by molar-refractivity contribution is 5.69. The van der Waals surface area contributed by atoms with Crippen molar-refractivity contribution in [1.82, 2.24) is 5.32 Å². The van der Waals surface area contributed by atoms with Crippen LogP contribution in [0.25, 0.3) is 0 Å². The minimum absolute atomic E-state index is 0.177. The Morgan fingerprint density at radius 1 is 1.20 bits per heavy atom. The van der Waals surface area contributed by atoms with E-state index in [1.165, 1.54) is 0 Å². The van der Waals surface area contributed by atoms with Crippen LogP contribution in [0.3, 0.4) is 0 Å². The van der Waals surface area contributed by atoms with Crippen LogP contribution in [0.1, 0.15) is 25.8 Å². The third-order valence-electron chi connectivity index (χ3n) is 2.67. The molecule has 0 unspecified atom stereocenters. The number of esters is 1. The van der Waals surface area contributed by atoms with Crippen LogP contribution < -0.4 is 14.8 Å². The summed E-state index contributed by atoms with van der Waals surface area (Å²) in [5.74, 6) is 1.28. The van der Waals surface area contributed by atoms with Gasteiger partial charge in [0.2, 0.25) is 0 Å². The summed E-state index contributed by atoms with van der Waals surface area (Å²) in [5, 5.41) is 3.20. The molecular formula is C15H23NO4. The van der Waals surface area contributed by atoms with Crippen LogP contribution in [0.2, 0.25) is 0 Å². The zero-order valence-electron chi connectivity index (χ0n) is 12.4. The van der Waals surface area contributed by atoms with Crippen LogP contribution in [0.4, 0.5) is 0 Å². The fourth-order valence-corrected chi connectivity index (χ4v) is 1.75. The van der Waals surface area contributed by atoms with E-state index in [1.54, 1.807) is 14.0 Å². The number of hydrogen-bond acceptors (Lipinski definition) is 5. The molecule has 112 valence electrons. The molecule has 0 saturated carbocycles. The van der Waals surface area contributed by atoms with Gasteiger partial charge in [-0.1, -0.05) is 6.07 Å². The molecule has 5 heteroatoms. The van der Waals surface area contributed by atoms with E-state index in [0.29, 0.717) is 32.7 Å². The highest BCUT2D eigenvalue weighted by atomic mass is 16.5. The summed E-state index contributed by atoms with van der Waals surface area (Å²) in [4.78, 5) is 11.2. The Morgan fingerprint density at radius 2 is 2.00 bits per heavy atom. The van der Waals surface area contributed by atoms with E-state index in [2.05, 4.69) is 5.32 Å². The highest BCUT2D eigenvalue weighted by Crippen LogP contribution is 2.27. The predicted octanol–water partition coefficient (Wildman–Crippen LogP) is 2.14. The molecule has 0 aliphatic heterocycles. The maximum atomic E-state index is 11.2. The van der Waals surface area contributed by atoms with Crippen LogP contribution in [0.15, 0.2) is 18.2 Å². The molecule has 0 atom stereocenters. The molecule has 0 aliphatic rings. The Hall–Kier alpha value is -1.75. The SMILES string of the molecule is CCOC(=O)CCNCc1ccc(OCC)c(OC)c1. The highest BCUT2D eigenvalue weighted by Gasteiger charge is 2.05. The van der Waals surface area contributed by atoms with E-state index in [0.717, 1.165) is 17.1 Å². The topological polar surface area (TPSA) is 56.8 Å². The molecule has 20 heavy (non-hydrogen) atoms. The Morgan fingerprint density at radius 3 is 2.65 bits per heavy atom. The number of carbonyl (C=O) groups is 1. The summed E-state index contributed by atoms with van der Waals surface area (Å²) in [6.45, 7) is 6.03. The van der Waals surface area contributed by atoms with Crippen LogP contribution in [0, 0.1) is 0 Å². The van der Waals surface area contributed by atoms with Crippen LogP contribution in [-0.4, -0.2) is 32.8 Å². The number of methoxy groups -OCH3 is 1. The van der Waals surface area contributed by atoms with Crippen molar-refractivity contribution >= 4 is 5.97 Å². The molecule has 1 rings (SSSR count). The lowest BCUT2D eigenvalue weighted by molar-refractivity contribution is -0.142. The van der Waals surface area contributed by atoms with Crippen molar-refractivity contribution in [3.8, 4) is 11.5 Å². The fraction of sp³-hybridized carbons (Fsp3) is 0.533. The quantitative estimate of drug-likeness (QED) is 0.555. The summed E-state index contributed by atoms with van der Waals surface area (Å²) in [6, 6.07) is 5.80. The van der Waals surface area contributed by atoms with Crippen molar-refractivity contribution in [2.24, 2.45) is 0 Å². The molecule has 0 saturated heterocycles. The molecule has 0 aromatic heterocycles. The molecule has 0 bridgehead atoms. The lowest BCUT2D eigenvalue weighted by Crippen LogP contribution is -2.19. The maximum absolute atomic E-state index is 11.2. The van der Waals surface area contributed by atoms with Crippen LogP contribution in [-0.2, 0) is 16.1 Å². The van der Waals surface area contributed by atoms with Gasteiger partial charge in [-0.25, -0.2) is 0 Å². The van der Waals surface area contributed by atoms with Crippen molar-refractivity contribution in [3.05, 3.63) is 23.8 Å². The Bertz CT molecular complexity index is 420. The largest absolute Gasteiger partial charge is 0.493 e. The van der Waals surface area contributed by atoms with Gasteiger partial charge in [0.25, 0.3) is 0 Å². The first kappa shape index (κ1) is 16.3. The molecule has 1 N–H and O–H groups in total. The van der Waals surface area contributed by atoms with E-state index in [9.17, 15) is 4.79 Å². The Kier molecular flexibility index (Phi) is 7.50. The monoisotopic (exact) mass is 281 g/mol. The summed E-state index contributed by atoms with van der Waals surface area (Å²) in [5.41, 5.74) is 1.08. The van der Waals surface area contributed by atoms with E-state index in [1.807, 2.05) is 25.1 Å². The van der Waals surface area contributed by atoms with Crippen molar-refractivity contribution in [2.45, 2.75) is 26.8 Å². The lowest BCUT2D eigenvalue weighted by Gasteiger charge is -2.11. The number of ether oxygens (including phenoxy) is 3. The van der Waals surface area contributed by atoms with Crippen molar-refractivity contribution in [1.29, 1.82) is 0 Å². The van der Waals surface area contributed by atoms with Crippen molar-refractivity contribution < 1.29 is 19.0 Å². The lowest BCUT2D eigenvalue weighted by atomic mass is 10.2. The molecule has 1 aromatic carbocycles. The molecule has 0 heterocycles. The first-order valence-electron chi connectivity index (χ1n) is 6.87. The minimum Gasteiger partial charge on any atom is -0.493 e. The van der Waals surface area contributed by atoms with Crippen molar-refractivity contribution in [3.63, 3.8) is 0 Å². The number of hydrogen-bond donors (Lipinski definition) is 1. The second-order valence-corrected chi connectivity index (χ2v) is 4.15. The number of benzene rings is 1. The maximum Gasteiger partial charge on any atom is 0.307 e. The molecule has 0 fully saturated rings. The minimum atomic E-state index is -0.177. The number of nitrogens with one attached hydrogen (secondary N) is 1. The molecule has 5 nitrogen and oxygen atoms in total. The molecular weight excluding hydrogens is 258 g/mol. The van der Waals surface area contributed by atoms with E-state index >= 15 is 0 Å². The second kappa shape index (κ2) is 9.20. The number of rotatable bonds is 9. The van der Waals surface area contributed by atoms with Gasteiger partial charge in [0, 0.05) is 13.1 Å². The zero-order valence-corrected chi connectivity index (χ0v) is 12.4. The normalized spacial score (nSPS) is 10.2. The van der Waals surface area contributed by atoms with Crippen molar-refractivity contribution in [2.75, 3.05) is 26.9 Å². The van der Waals surface area contributed by atoms with Gasteiger partial charge >= 0.3 is 5.97 Å². The van der Waals surface area contributed by atoms with E-state index in [4.69, 9.17) is 14.2 Å². The van der Waals surface area contributed by atoms with Gasteiger partial charge in [0.05, 0.1) is 26.7 Å². The summed E-state index contributed by atoms with van der Waals surface area (Å²) in [6.07, 6.45) is 0.377. The Labute approximate surface area is 120 Å². The summed E-state index contributed by atoms with van der Waals surface area (Å²) < 4.78 is 15.6. The first-order chi connectivity index (χ1) is 9.71. The average Bonchev–Trinajstić information content (AvgIpc) is 2.45. The van der Waals surface area contributed by atoms with Gasteiger partial charge in [-0.05, 0) is 31.5 Å². The summed E-state index contributed by atoms with van der Waals surface area (Å²) >= 11 is 0. The van der Waals surface area contributed by atoms with E-state index in [-0.39, 0.29) is 5.97 Å². The first-order valence-corrected chi connectivity index (χ1v) is 6.87. The van der Waals surface area contributed by atoms with E-state index < -0.39 is 0 Å². The number of carbonyl (C=O) groups excluding carboxylic acids is 1. The van der Waals surface area contributed by atoms with Crippen LogP contribution >= 0.6 is 0 Å². The molecule has 1 aromatic rings. The average molecular weight is 281 g/mol. The smallest absolute Gasteiger partial charge is 0.307 e. The van der Waals surface area contributed by atoms with Gasteiger partial charge in [0.15, 0.2) is 11.5 Å². The third kappa shape index (κ3) is 5.48. The van der Waals surface area contributed by atoms with Gasteiger partial charge < -0.3 is 19.5 Å². The predicted molar refractivity (Wildman–Crippen MR) is 77.1 cm³/mol. The zero-order chi connectivity index (χ0) is 14.8.